The molecule has 5 heteroatoms. The van der Waals surface area contributed by atoms with Crippen LogP contribution in [0.5, 0.6) is 5.75 Å². The highest BCUT2D eigenvalue weighted by atomic mass is 32.2. The molecule has 0 saturated carbocycles. The summed E-state index contributed by atoms with van der Waals surface area (Å²) in [6.07, 6.45) is 3.18. The van der Waals surface area contributed by atoms with Gasteiger partial charge in [-0.05, 0) is 35.6 Å². The second-order valence-corrected chi connectivity index (χ2v) is 6.59. The second-order valence-electron chi connectivity index (χ2n) is 5.71. The van der Waals surface area contributed by atoms with Gasteiger partial charge in [0.05, 0.1) is 6.54 Å². The average Bonchev–Trinajstić information content (AvgIpc) is 3.05. The molecular formula is C19H23N3OS. The summed E-state index contributed by atoms with van der Waals surface area (Å²) in [6.45, 7) is 1.49. The van der Waals surface area contributed by atoms with E-state index in [1.807, 2.05) is 12.1 Å². The summed E-state index contributed by atoms with van der Waals surface area (Å²) in [7, 11) is 1.79. The van der Waals surface area contributed by atoms with E-state index in [0.717, 1.165) is 31.2 Å². The Morgan fingerprint density at radius 1 is 1.17 bits per heavy atom. The van der Waals surface area contributed by atoms with Crippen molar-refractivity contribution in [2.45, 2.75) is 24.0 Å². The van der Waals surface area contributed by atoms with Gasteiger partial charge in [-0.2, -0.15) is 0 Å². The van der Waals surface area contributed by atoms with Gasteiger partial charge in [0, 0.05) is 24.9 Å². The van der Waals surface area contributed by atoms with Gasteiger partial charge in [0.25, 0.3) is 0 Å². The fourth-order valence-corrected chi connectivity index (χ4v) is 3.14. The predicted octanol–water partition coefficient (Wildman–Crippen LogP) is 3.08. The third-order valence-corrected chi connectivity index (χ3v) is 4.80. The molecule has 0 radical (unpaired) electrons. The van der Waals surface area contributed by atoms with Gasteiger partial charge in [-0.25, -0.2) is 0 Å². The number of aliphatic imine (C=N–C) groups is 1. The van der Waals surface area contributed by atoms with E-state index in [-0.39, 0.29) is 6.10 Å². The lowest BCUT2D eigenvalue weighted by molar-refractivity contribution is 0.235. The lowest BCUT2D eigenvalue weighted by Gasteiger charge is -2.15. The average molecular weight is 341 g/mol. The third kappa shape index (κ3) is 4.23. The largest absolute Gasteiger partial charge is 0.488 e. The molecule has 1 aliphatic rings. The van der Waals surface area contributed by atoms with Crippen molar-refractivity contribution in [1.29, 1.82) is 0 Å². The third-order valence-electron chi connectivity index (χ3n) is 4.05. The normalized spacial score (nSPS) is 16.4. The van der Waals surface area contributed by atoms with Crippen molar-refractivity contribution in [2.75, 3.05) is 19.8 Å². The summed E-state index contributed by atoms with van der Waals surface area (Å²) in [5.74, 6) is 1.80. The molecule has 0 spiro atoms. The van der Waals surface area contributed by atoms with Gasteiger partial charge in [0.15, 0.2) is 5.96 Å². The lowest BCUT2D eigenvalue weighted by atomic mass is 10.1. The van der Waals surface area contributed by atoms with Gasteiger partial charge in [0.2, 0.25) is 0 Å². The minimum Gasteiger partial charge on any atom is -0.488 e. The number of nitrogens with one attached hydrogen (secondary N) is 2. The number of ether oxygens (including phenoxy) is 1. The van der Waals surface area contributed by atoms with Crippen molar-refractivity contribution >= 4 is 17.7 Å². The Balaban J connectivity index is 1.45. The van der Waals surface area contributed by atoms with Crippen LogP contribution in [-0.4, -0.2) is 31.9 Å². The molecule has 1 unspecified atom stereocenters. The Hall–Kier alpha value is -2.14. The number of para-hydroxylation sites is 1. The van der Waals surface area contributed by atoms with E-state index in [9.17, 15) is 0 Å². The maximum absolute atomic E-state index is 5.94. The molecule has 4 nitrogen and oxygen atoms in total. The molecule has 24 heavy (non-hydrogen) atoms. The zero-order valence-electron chi connectivity index (χ0n) is 14.1. The number of nitrogens with zero attached hydrogens (tertiary/aromatic N) is 1. The molecule has 0 aromatic heterocycles. The van der Waals surface area contributed by atoms with Crippen molar-refractivity contribution < 1.29 is 4.74 Å². The highest BCUT2D eigenvalue weighted by Gasteiger charge is 2.22. The molecule has 1 atom stereocenters. The van der Waals surface area contributed by atoms with Crippen LogP contribution in [0.25, 0.3) is 0 Å². The van der Waals surface area contributed by atoms with Gasteiger partial charge < -0.3 is 15.4 Å². The van der Waals surface area contributed by atoms with Gasteiger partial charge in [0.1, 0.15) is 11.9 Å². The fourth-order valence-electron chi connectivity index (χ4n) is 2.73. The molecule has 0 aliphatic carbocycles. The number of guanidine groups is 1. The fraction of sp³-hybridized carbons (Fsp3) is 0.316. The van der Waals surface area contributed by atoms with Gasteiger partial charge in [-0.1, -0.05) is 30.3 Å². The molecule has 0 saturated heterocycles. The first-order valence-corrected chi connectivity index (χ1v) is 9.33. The molecule has 0 fully saturated rings. The minimum atomic E-state index is 0.154. The highest BCUT2D eigenvalue weighted by molar-refractivity contribution is 7.98. The number of fused-ring (bicyclic) bond motifs is 1. The Kier molecular flexibility index (Phi) is 5.64. The van der Waals surface area contributed by atoms with Gasteiger partial charge >= 0.3 is 0 Å². The molecule has 1 aliphatic heterocycles. The van der Waals surface area contributed by atoms with E-state index in [4.69, 9.17) is 4.74 Å². The van der Waals surface area contributed by atoms with Crippen LogP contribution in [-0.2, 0) is 13.0 Å². The van der Waals surface area contributed by atoms with Crippen LogP contribution >= 0.6 is 11.8 Å². The van der Waals surface area contributed by atoms with Crippen molar-refractivity contribution in [3.63, 3.8) is 0 Å². The number of benzene rings is 2. The van der Waals surface area contributed by atoms with Crippen LogP contribution in [0.15, 0.2) is 58.4 Å². The molecule has 2 N–H and O–H groups in total. The number of hydrogen-bond donors (Lipinski definition) is 2. The van der Waals surface area contributed by atoms with Crippen LogP contribution in [0.4, 0.5) is 0 Å². The summed E-state index contributed by atoms with van der Waals surface area (Å²) in [4.78, 5) is 5.56. The monoisotopic (exact) mass is 341 g/mol. The van der Waals surface area contributed by atoms with Crippen LogP contribution in [0.3, 0.4) is 0 Å². The summed E-state index contributed by atoms with van der Waals surface area (Å²) in [6, 6.07) is 16.8. The molecule has 126 valence electrons. The highest BCUT2D eigenvalue weighted by Crippen LogP contribution is 2.27. The molecule has 1 heterocycles. The number of rotatable bonds is 5. The van der Waals surface area contributed by atoms with E-state index < -0.39 is 0 Å². The SMILES string of the molecule is CN=C(NCc1ccc(SC)cc1)NCC1Cc2ccccc2O1. The Morgan fingerprint density at radius 3 is 2.67 bits per heavy atom. The number of thioether (sulfide) groups is 1. The minimum absolute atomic E-state index is 0.154. The van der Waals surface area contributed by atoms with Crippen LogP contribution < -0.4 is 15.4 Å². The van der Waals surface area contributed by atoms with E-state index in [0.29, 0.717) is 0 Å². The summed E-state index contributed by atoms with van der Waals surface area (Å²) in [5, 5.41) is 6.69. The van der Waals surface area contributed by atoms with Crippen molar-refractivity contribution in [1.82, 2.24) is 10.6 Å². The zero-order valence-corrected chi connectivity index (χ0v) is 14.9. The molecule has 2 aromatic carbocycles. The first-order valence-electron chi connectivity index (χ1n) is 8.10. The Bertz CT molecular complexity index is 675. The van der Waals surface area contributed by atoms with Gasteiger partial charge in [-0.3, -0.25) is 4.99 Å². The summed E-state index contributed by atoms with van der Waals surface area (Å²) >= 11 is 1.75. The summed E-state index contributed by atoms with van der Waals surface area (Å²) in [5.41, 5.74) is 2.52. The predicted molar refractivity (Wildman–Crippen MR) is 101 cm³/mol. The molecule has 0 bridgehead atoms. The lowest BCUT2D eigenvalue weighted by Crippen LogP contribution is -2.41. The Labute approximate surface area is 147 Å². The zero-order chi connectivity index (χ0) is 16.8. The van der Waals surface area contributed by atoms with Crippen LogP contribution in [0.2, 0.25) is 0 Å². The first-order chi connectivity index (χ1) is 11.8. The van der Waals surface area contributed by atoms with E-state index in [1.54, 1.807) is 18.8 Å². The molecule has 0 amide bonds. The first kappa shape index (κ1) is 16.7. The maximum Gasteiger partial charge on any atom is 0.191 e. The van der Waals surface area contributed by atoms with E-state index >= 15 is 0 Å². The molecule has 3 rings (SSSR count). The van der Waals surface area contributed by atoms with Crippen molar-refractivity contribution in [2.24, 2.45) is 4.99 Å². The second kappa shape index (κ2) is 8.11. The smallest absolute Gasteiger partial charge is 0.191 e. The van der Waals surface area contributed by atoms with Crippen molar-refractivity contribution in [3.05, 3.63) is 59.7 Å². The van der Waals surface area contributed by atoms with Gasteiger partial charge in [-0.15, -0.1) is 11.8 Å². The molecule has 2 aromatic rings. The Morgan fingerprint density at radius 2 is 1.96 bits per heavy atom. The van der Waals surface area contributed by atoms with Crippen LogP contribution in [0.1, 0.15) is 11.1 Å². The van der Waals surface area contributed by atoms with Crippen molar-refractivity contribution in [3.8, 4) is 5.75 Å². The number of hydrogen-bond acceptors (Lipinski definition) is 3. The quantitative estimate of drug-likeness (QED) is 0.498. The van der Waals surface area contributed by atoms with E-state index in [1.165, 1.54) is 16.0 Å². The molecular weight excluding hydrogens is 318 g/mol. The summed E-state index contributed by atoms with van der Waals surface area (Å²) < 4.78 is 5.94. The van der Waals surface area contributed by atoms with E-state index in [2.05, 4.69) is 58.3 Å². The standard InChI is InChI=1S/C19H23N3OS/c1-20-19(21-12-14-7-9-17(24-2)10-8-14)22-13-16-11-15-5-3-4-6-18(15)23-16/h3-10,16H,11-13H2,1-2H3,(H2,20,21,22). The maximum atomic E-state index is 5.94. The van der Waals surface area contributed by atoms with Crippen LogP contribution in [0, 0.1) is 0 Å². The topological polar surface area (TPSA) is 45.7 Å².